The third-order valence-electron chi connectivity index (χ3n) is 3.46. The Morgan fingerprint density at radius 1 is 1.41 bits per heavy atom. The summed E-state index contributed by atoms with van der Waals surface area (Å²) in [5, 5.41) is 15.4. The summed E-state index contributed by atoms with van der Waals surface area (Å²) >= 11 is 1.17. The number of sulfone groups is 1. The second-order valence-corrected chi connectivity index (χ2v) is 8.10. The highest BCUT2D eigenvalue weighted by molar-refractivity contribution is 7.91. The Bertz CT molecular complexity index is 728. The van der Waals surface area contributed by atoms with Gasteiger partial charge in [-0.05, 0) is 6.42 Å². The number of hydrogen-bond donors (Lipinski definition) is 1. The molecule has 1 aromatic heterocycles. The first-order valence-electron chi connectivity index (χ1n) is 6.62. The van der Waals surface area contributed by atoms with Gasteiger partial charge in [0.1, 0.15) is 11.2 Å². The van der Waals surface area contributed by atoms with Gasteiger partial charge in [-0.3, -0.25) is 14.9 Å². The molecule has 1 atom stereocenters. The van der Waals surface area contributed by atoms with Crippen molar-refractivity contribution < 1.29 is 18.0 Å². The van der Waals surface area contributed by atoms with Gasteiger partial charge in [-0.15, -0.1) is 10.2 Å². The largest absolute Gasteiger partial charge is 0.295 e. The van der Waals surface area contributed by atoms with Crippen LogP contribution in [0.4, 0.5) is 5.13 Å². The van der Waals surface area contributed by atoms with Crippen molar-refractivity contribution in [1.29, 1.82) is 0 Å². The molecular formula is C11H13N5O4S2. The van der Waals surface area contributed by atoms with E-state index in [1.165, 1.54) is 16.8 Å². The zero-order valence-corrected chi connectivity index (χ0v) is 13.1. The normalized spacial score (nSPS) is 24.2. The van der Waals surface area contributed by atoms with Crippen LogP contribution in [-0.4, -0.2) is 58.7 Å². The molecule has 0 radical (unpaired) electrons. The molecule has 1 aromatic rings. The predicted molar refractivity (Wildman–Crippen MR) is 79.1 cm³/mol. The Morgan fingerprint density at radius 2 is 2.23 bits per heavy atom. The van der Waals surface area contributed by atoms with Gasteiger partial charge in [-0.25, -0.2) is 13.4 Å². The van der Waals surface area contributed by atoms with Gasteiger partial charge in [-0.2, -0.15) is 5.10 Å². The van der Waals surface area contributed by atoms with Gasteiger partial charge in [-0.1, -0.05) is 11.3 Å². The molecule has 0 unspecified atom stereocenters. The molecule has 0 aromatic carbocycles. The molecule has 0 bridgehead atoms. The van der Waals surface area contributed by atoms with E-state index in [9.17, 15) is 18.0 Å². The van der Waals surface area contributed by atoms with E-state index in [1.807, 2.05) is 0 Å². The van der Waals surface area contributed by atoms with Crippen LogP contribution in [0.3, 0.4) is 0 Å². The summed E-state index contributed by atoms with van der Waals surface area (Å²) < 4.78 is 23.1. The number of carbonyl (C=O) groups excluding carboxylic acids is 2. The van der Waals surface area contributed by atoms with Crippen LogP contribution in [-0.2, 0) is 19.4 Å². The highest BCUT2D eigenvalue weighted by atomic mass is 32.2. The van der Waals surface area contributed by atoms with E-state index >= 15 is 0 Å². The van der Waals surface area contributed by atoms with Crippen molar-refractivity contribution in [1.82, 2.24) is 15.2 Å². The maximum atomic E-state index is 12.1. The molecule has 3 rings (SSSR count). The van der Waals surface area contributed by atoms with E-state index in [0.717, 1.165) is 5.01 Å². The highest BCUT2D eigenvalue weighted by Crippen LogP contribution is 2.22. The van der Waals surface area contributed by atoms with E-state index in [-0.39, 0.29) is 36.0 Å². The van der Waals surface area contributed by atoms with Crippen LogP contribution >= 0.6 is 11.3 Å². The maximum absolute atomic E-state index is 12.1. The van der Waals surface area contributed by atoms with Crippen LogP contribution in [0, 0.1) is 0 Å². The van der Waals surface area contributed by atoms with E-state index < -0.39 is 21.8 Å². The standard InChI is InChI=1S/C11H13N5O4S2/c17-9-2-1-8(10(18)13-11-14-12-6-21-11)15-16(9)7-3-4-22(19,20)5-7/h6-7H,1-5H2,(H,13,14,18)/t7-/m1/s1. The lowest BCUT2D eigenvalue weighted by atomic mass is 10.1. The van der Waals surface area contributed by atoms with Gasteiger partial charge in [0, 0.05) is 12.8 Å². The number of nitrogens with one attached hydrogen (secondary N) is 1. The number of hydrazone groups is 1. The van der Waals surface area contributed by atoms with E-state index in [4.69, 9.17) is 0 Å². The van der Waals surface area contributed by atoms with Crippen molar-refractivity contribution in [3.63, 3.8) is 0 Å². The van der Waals surface area contributed by atoms with Crippen molar-refractivity contribution in [2.24, 2.45) is 5.10 Å². The average Bonchev–Trinajstić information content (AvgIpc) is 3.08. The van der Waals surface area contributed by atoms with Crippen molar-refractivity contribution in [3.8, 4) is 0 Å². The Hall–Kier alpha value is -1.88. The minimum absolute atomic E-state index is 0.0449. The second kappa shape index (κ2) is 5.72. The third-order valence-corrected chi connectivity index (χ3v) is 5.81. The molecule has 1 fully saturated rings. The van der Waals surface area contributed by atoms with Gasteiger partial charge in [0.25, 0.3) is 5.91 Å². The number of carbonyl (C=O) groups is 2. The molecule has 0 spiro atoms. The summed E-state index contributed by atoms with van der Waals surface area (Å²) in [6.07, 6.45) is 0.710. The molecule has 1 saturated heterocycles. The SMILES string of the molecule is O=C(Nc1nncs1)C1=NN([C@@H]2CCS(=O)(=O)C2)C(=O)CC1. The monoisotopic (exact) mass is 343 g/mol. The lowest BCUT2D eigenvalue weighted by Crippen LogP contribution is -2.42. The zero-order chi connectivity index (χ0) is 15.7. The van der Waals surface area contributed by atoms with Gasteiger partial charge in [0.15, 0.2) is 9.84 Å². The summed E-state index contributed by atoms with van der Waals surface area (Å²) in [5.74, 6) is -0.763. The molecule has 2 aliphatic heterocycles. The maximum Gasteiger partial charge on any atom is 0.273 e. The number of rotatable bonds is 3. The molecule has 3 heterocycles. The number of nitrogens with zero attached hydrogens (tertiary/aromatic N) is 4. The van der Waals surface area contributed by atoms with Crippen LogP contribution in [0.15, 0.2) is 10.6 Å². The quantitative estimate of drug-likeness (QED) is 0.800. The highest BCUT2D eigenvalue weighted by Gasteiger charge is 2.37. The molecule has 1 N–H and O–H groups in total. The summed E-state index contributed by atoms with van der Waals surface area (Å²) in [6.45, 7) is 0. The van der Waals surface area contributed by atoms with Gasteiger partial charge in [0.05, 0.1) is 17.5 Å². The molecule has 118 valence electrons. The fourth-order valence-corrected chi connectivity index (χ4v) is 4.52. The van der Waals surface area contributed by atoms with Crippen LogP contribution in [0.25, 0.3) is 0 Å². The molecule has 22 heavy (non-hydrogen) atoms. The number of amides is 2. The van der Waals surface area contributed by atoms with Crippen LogP contribution in [0.1, 0.15) is 19.3 Å². The van der Waals surface area contributed by atoms with E-state index in [0.29, 0.717) is 11.6 Å². The molecule has 0 saturated carbocycles. The van der Waals surface area contributed by atoms with Crippen molar-refractivity contribution in [2.45, 2.75) is 25.3 Å². The number of aromatic nitrogens is 2. The molecule has 11 heteroatoms. The minimum Gasteiger partial charge on any atom is -0.295 e. The number of hydrogen-bond acceptors (Lipinski definition) is 8. The Kier molecular flexibility index (Phi) is 3.91. The van der Waals surface area contributed by atoms with E-state index in [1.54, 1.807) is 0 Å². The smallest absolute Gasteiger partial charge is 0.273 e. The lowest BCUT2D eigenvalue weighted by molar-refractivity contribution is -0.133. The molecule has 9 nitrogen and oxygen atoms in total. The first-order chi connectivity index (χ1) is 10.4. The first kappa shape index (κ1) is 15.0. The van der Waals surface area contributed by atoms with Crippen LogP contribution < -0.4 is 5.32 Å². The summed E-state index contributed by atoms with van der Waals surface area (Å²) in [4.78, 5) is 24.1. The van der Waals surface area contributed by atoms with Gasteiger partial charge >= 0.3 is 0 Å². The fourth-order valence-electron chi connectivity index (χ4n) is 2.38. The number of anilines is 1. The van der Waals surface area contributed by atoms with E-state index in [2.05, 4.69) is 20.6 Å². The summed E-state index contributed by atoms with van der Waals surface area (Å²) in [7, 11) is -3.13. The minimum atomic E-state index is -3.13. The fraction of sp³-hybridized carbons (Fsp3) is 0.545. The third kappa shape index (κ3) is 3.14. The Labute approximate surface area is 130 Å². The predicted octanol–water partition coefficient (Wildman–Crippen LogP) is -0.358. The van der Waals surface area contributed by atoms with Crippen molar-refractivity contribution in [3.05, 3.63) is 5.51 Å². The topological polar surface area (TPSA) is 122 Å². The first-order valence-corrected chi connectivity index (χ1v) is 9.32. The molecule has 2 amide bonds. The van der Waals surface area contributed by atoms with Crippen LogP contribution in [0.5, 0.6) is 0 Å². The van der Waals surface area contributed by atoms with Gasteiger partial charge in [0.2, 0.25) is 11.0 Å². The Morgan fingerprint density at radius 3 is 2.86 bits per heavy atom. The lowest BCUT2D eigenvalue weighted by Gasteiger charge is -2.27. The zero-order valence-electron chi connectivity index (χ0n) is 11.4. The molecular weight excluding hydrogens is 330 g/mol. The molecule has 0 aliphatic carbocycles. The molecule has 2 aliphatic rings. The van der Waals surface area contributed by atoms with Crippen molar-refractivity contribution in [2.75, 3.05) is 16.8 Å². The average molecular weight is 343 g/mol. The Balaban J connectivity index is 1.76. The van der Waals surface area contributed by atoms with Crippen molar-refractivity contribution >= 4 is 43.8 Å². The second-order valence-electron chi connectivity index (χ2n) is 5.04. The summed E-state index contributed by atoms with van der Waals surface area (Å²) in [6, 6.07) is -0.484. The van der Waals surface area contributed by atoms with Crippen LogP contribution in [0.2, 0.25) is 0 Å². The van der Waals surface area contributed by atoms with Gasteiger partial charge < -0.3 is 0 Å². The summed E-state index contributed by atoms with van der Waals surface area (Å²) in [5.41, 5.74) is 1.68.